The Kier molecular flexibility index (Phi) is 2.56. The smallest absolute Gasteiger partial charge is 0.307 e. The minimum atomic E-state index is -0.381. The normalized spacial score (nSPS) is 17.5. The Bertz CT molecular complexity index is 701. The summed E-state index contributed by atoms with van der Waals surface area (Å²) in [5, 5.41) is 2.57. The number of carbonyl (C=O) groups excluding carboxylic acids is 2. The van der Waals surface area contributed by atoms with E-state index in [1.807, 2.05) is 28.9 Å². The van der Waals surface area contributed by atoms with Gasteiger partial charge in [0.25, 0.3) is 5.91 Å². The average molecular weight is 256 g/mol. The summed E-state index contributed by atoms with van der Waals surface area (Å²) in [4.78, 5) is 28.9. The average Bonchev–Trinajstić information content (AvgIpc) is 2.96. The Morgan fingerprint density at radius 1 is 1.37 bits per heavy atom. The standard InChI is InChI=1S/C13H12N4O2/c1-2-17-12(18)10(15-13(17)19)8-9-4-3-6-16-7-5-14-11(9)16/h3-8H,2H2,1H3,(H,15,19)/b10-8+. The molecule has 1 N–H and O–H groups in total. The number of nitrogens with one attached hydrogen (secondary N) is 1. The summed E-state index contributed by atoms with van der Waals surface area (Å²) >= 11 is 0. The molecule has 2 aromatic rings. The topological polar surface area (TPSA) is 66.7 Å². The molecular weight excluding hydrogens is 244 g/mol. The lowest BCUT2D eigenvalue weighted by atomic mass is 10.2. The van der Waals surface area contributed by atoms with Crippen LogP contribution in [0.5, 0.6) is 0 Å². The molecular formula is C13H12N4O2. The molecule has 1 aliphatic heterocycles. The number of imidazole rings is 1. The Hall–Kier alpha value is -2.63. The van der Waals surface area contributed by atoms with Crippen molar-refractivity contribution < 1.29 is 9.59 Å². The maximum atomic E-state index is 12.0. The van der Waals surface area contributed by atoms with Crippen LogP contribution in [-0.2, 0) is 4.79 Å². The third-order valence-electron chi connectivity index (χ3n) is 3.03. The SMILES string of the molecule is CCN1C(=O)N/C(=C/c2cccn3ccnc23)C1=O. The van der Waals surface area contributed by atoms with E-state index in [9.17, 15) is 9.59 Å². The number of hydrogen-bond donors (Lipinski definition) is 1. The van der Waals surface area contributed by atoms with E-state index in [0.29, 0.717) is 6.54 Å². The molecule has 1 fully saturated rings. The Labute approximate surface area is 109 Å². The minimum Gasteiger partial charge on any atom is -0.307 e. The van der Waals surface area contributed by atoms with Gasteiger partial charge in [-0.1, -0.05) is 0 Å². The molecule has 0 saturated carbocycles. The Balaban J connectivity index is 2.05. The number of hydrogen-bond acceptors (Lipinski definition) is 3. The Morgan fingerprint density at radius 3 is 2.95 bits per heavy atom. The number of aromatic nitrogens is 2. The lowest BCUT2D eigenvalue weighted by Gasteiger charge is -2.06. The summed E-state index contributed by atoms with van der Waals surface area (Å²) in [6.45, 7) is 2.12. The zero-order chi connectivity index (χ0) is 13.4. The van der Waals surface area contributed by atoms with Crippen LogP contribution in [0, 0.1) is 0 Å². The summed E-state index contributed by atoms with van der Waals surface area (Å²) in [5.74, 6) is -0.305. The number of amides is 3. The van der Waals surface area contributed by atoms with Crippen molar-refractivity contribution in [2.24, 2.45) is 0 Å². The molecule has 0 unspecified atom stereocenters. The highest BCUT2D eigenvalue weighted by Gasteiger charge is 2.32. The fourth-order valence-electron chi connectivity index (χ4n) is 2.10. The number of nitrogens with zero attached hydrogens (tertiary/aromatic N) is 3. The highest BCUT2D eigenvalue weighted by Crippen LogP contribution is 2.16. The first-order chi connectivity index (χ1) is 9.20. The third-order valence-corrected chi connectivity index (χ3v) is 3.03. The summed E-state index contributed by atoms with van der Waals surface area (Å²) in [7, 11) is 0. The van der Waals surface area contributed by atoms with Crippen molar-refractivity contribution >= 4 is 23.7 Å². The third kappa shape index (κ3) is 1.77. The van der Waals surface area contributed by atoms with Crippen LogP contribution >= 0.6 is 0 Å². The highest BCUT2D eigenvalue weighted by atomic mass is 16.2. The molecule has 0 spiro atoms. The van der Waals surface area contributed by atoms with E-state index in [-0.39, 0.29) is 17.6 Å². The molecule has 2 aromatic heterocycles. The van der Waals surface area contributed by atoms with Crippen molar-refractivity contribution in [2.45, 2.75) is 6.92 Å². The number of imide groups is 1. The van der Waals surface area contributed by atoms with Crippen LogP contribution in [0.4, 0.5) is 4.79 Å². The van der Waals surface area contributed by atoms with Gasteiger partial charge in [-0.2, -0.15) is 0 Å². The fourth-order valence-corrected chi connectivity index (χ4v) is 2.10. The van der Waals surface area contributed by atoms with Gasteiger partial charge in [0.05, 0.1) is 0 Å². The van der Waals surface area contributed by atoms with E-state index >= 15 is 0 Å². The predicted molar refractivity (Wildman–Crippen MR) is 69.1 cm³/mol. The zero-order valence-corrected chi connectivity index (χ0v) is 10.3. The number of likely N-dealkylation sites (N-methyl/N-ethyl adjacent to an activating group) is 1. The molecule has 0 radical (unpaired) electrons. The van der Waals surface area contributed by atoms with Gasteiger partial charge in [-0.05, 0) is 25.1 Å². The predicted octanol–water partition coefficient (Wildman–Crippen LogP) is 1.25. The van der Waals surface area contributed by atoms with Gasteiger partial charge in [-0.25, -0.2) is 9.78 Å². The summed E-state index contributed by atoms with van der Waals surface area (Å²) in [5.41, 5.74) is 1.81. The summed E-state index contributed by atoms with van der Waals surface area (Å²) < 4.78 is 1.85. The molecule has 0 bridgehead atoms. The molecule has 3 heterocycles. The van der Waals surface area contributed by atoms with Gasteiger partial charge in [0.15, 0.2) is 0 Å². The molecule has 3 rings (SSSR count). The highest BCUT2D eigenvalue weighted by molar-refractivity contribution is 6.14. The first kappa shape index (κ1) is 11.5. The molecule has 0 atom stereocenters. The van der Waals surface area contributed by atoms with Crippen LogP contribution in [-0.4, -0.2) is 32.8 Å². The number of urea groups is 1. The van der Waals surface area contributed by atoms with E-state index in [4.69, 9.17) is 0 Å². The van der Waals surface area contributed by atoms with Gasteiger partial charge in [-0.15, -0.1) is 0 Å². The van der Waals surface area contributed by atoms with Crippen LogP contribution in [0.1, 0.15) is 12.5 Å². The number of rotatable bonds is 2. The zero-order valence-electron chi connectivity index (χ0n) is 10.3. The number of carbonyl (C=O) groups is 2. The van der Waals surface area contributed by atoms with Gasteiger partial charge in [0.2, 0.25) is 0 Å². The number of fused-ring (bicyclic) bond motifs is 1. The maximum absolute atomic E-state index is 12.0. The van der Waals surface area contributed by atoms with Gasteiger partial charge < -0.3 is 9.72 Å². The first-order valence-electron chi connectivity index (χ1n) is 5.97. The molecule has 0 aliphatic carbocycles. The van der Waals surface area contributed by atoms with Crippen molar-refractivity contribution in [2.75, 3.05) is 6.54 Å². The molecule has 6 heteroatoms. The molecule has 0 aromatic carbocycles. The van der Waals surface area contributed by atoms with Gasteiger partial charge in [0, 0.05) is 30.7 Å². The summed E-state index contributed by atoms with van der Waals surface area (Å²) in [6, 6.07) is 3.33. The van der Waals surface area contributed by atoms with Crippen LogP contribution in [0.2, 0.25) is 0 Å². The second-order valence-corrected chi connectivity index (χ2v) is 4.16. The van der Waals surface area contributed by atoms with Gasteiger partial charge in [-0.3, -0.25) is 9.69 Å². The van der Waals surface area contributed by atoms with Crippen molar-refractivity contribution in [1.82, 2.24) is 19.6 Å². The Morgan fingerprint density at radius 2 is 2.21 bits per heavy atom. The lowest BCUT2D eigenvalue weighted by Crippen LogP contribution is -2.30. The van der Waals surface area contributed by atoms with Crippen LogP contribution in [0.3, 0.4) is 0 Å². The molecule has 6 nitrogen and oxygen atoms in total. The fraction of sp³-hybridized carbons (Fsp3) is 0.154. The summed E-state index contributed by atoms with van der Waals surface area (Å²) in [6.07, 6.45) is 7.03. The molecule has 19 heavy (non-hydrogen) atoms. The molecule has 96 valence electrons. The monoisotopic (exact) mass is 256 g/mol. The van der Waals surface area contributed by atoms with Crippen molar-refractivity contribution in [3.8, 4) is 0 Å². The van der Waals surface area contributed by atoms with E-state index in [1.165, 1.54) is 0 Å². The van der Waals surface area contributed by atoms with Crippen LogP contribution < -0.4 is 5.32 Å². The van der Waals surface area contributed by atoms with Crippen LogP contribution in [0.15, 0.2) is 36.4 Å². The maximum Gasteiger partial charge on any atom is 0.328 e. The van der Waals surface area contributed by atoms with Gasteiger partial charge in [0.1, 0.15) is 11.3 Å². The van der Waals surface area contributed by atoms with E-state index in [1.54, 1.807) is 19.2 Å². The van der Waals surface area contributed by atoms with Crippen molar-refractivity contribution in [3.63, 3.8) is 0 Å². The second-order valence-electron chi connectivity index (χ2n) is 4.16. The minimum absolute atomic E-state index is 0.281. The first-order valence-corrected chi connectivity index (χ1v) is 5.97. The molecule has 1 saturated heterocycles. The van der Waals surface area contributed by atoms with Crippen LogP contribution in [0.25, 0.3) is 11.7 Å². The van der Waals surface area contributed by atoms with E-state index in [2.05, 4.69) is 10.3 Å². The van der Waals surface area contributed by atoms with E-state index < -0.39 is 0 Å². The second kappa shape index (κ2) is 4.24. The quantitative estimate of drug-likeness (QED) is 0.649. The van der Waals surface area contributed by atoms with Gasteiger partial charge >= 0.3 is 6.03 Å². The number of pyridine rings is 1. The molecule has 3 amide bonds. The lowest BCUT2D eigenvalue weighted by molar-refractivity contribution is -0.122. The van der Waals surface area contributed by atoms with E-state index in [0.717, 1.165) is 16.1 Å². The largest absolute Gasteiger partial charge is 0.328 e. The molecule has 1 aliphatic rings. The van der Waals surface area contributed by atoms with Crippen molar-refractivity contribution in [1.29, 1.82) is 0 Å². The van der Waals surface area contributed by atoms with Crippen molar-refractivity contribution in [3.05, 3.63) is 42.0 Å².